The van der Waals surface area contributed by atoms with Crippen molar-refractivity contribution < 1.29 is 4.39 Å². The first-order valence-corrected chi connectivity index (χ1v) is 9.33. The number of piperazine rings is 1. The molecule has 1 aliphatic carbocycles. The number of pyridine rings is 1. The fraction of sp³-hybridized carbons (Fsp3) is 0.316. The van der Waals surface area contributed by atoms with Gasteiger partial charge in [0.1, 0.15) is 18.0 Å². The summed E-state index contributed by atoms with van der Waals surface area (Å²) in [5.41, 5.74) is 1.24. The van der Waals surface area contributed by atoms with Gasteiger partial charge < -0.3 is 15.5 Å². The molecule has 2 N–H and O–H groups in total. The molecular weight excluding hydrogens is 367 g/mol. The first-order chi connectivity index (χ1) is 13.1. The van der Waals surface area contributed by atoms with E-state index in [1.54, 1.807) is 18.3 Å². The van der Waals surface area contributed by atoms with Gasteiger partial charge in [-0.2, -0.15) is 0 Å². The van der Waals surface area contributed by atoms with E-state index < -0.39 is 5.82 Å². The summed E-state index contributed by atoms with van der Waals surface area (Å²) in [6, 6.07) is 6.81. The summed E-state index contributed by atoms with van der Waals surface area (Å²) in [6.45, 7) is 2.80. The van der Waals surface area contributed by atoms with Crippen molar-refractivity contribution in [1.29, 1.82) is 0 Å². The number of halogens is 2. The Bertz CT molecular complexity index is 1020. The van der Waals surface area contributed by atoms with Gasteiger partial charge in [-0.1, -0.05) is 17.7 Å². The molecule has 0 radical (unpaired) electrons. The zero-order chi connectivity index (χ0) is 18.4. The smallest absolute Gasteiger partial charge is 0.165 e. The maximum absolute atomic E-state index is 14.3. The molecule has 5 rings (SSSR count). The van der Waals surface area contributed by atoms with Crippen LogP contribution in [0.3, 0.4) is 0 Å². The van der Waals surface area contributed by atoms with Crippen LogP contribution in [0.5, 0.6) is 0 Å². The van der Waals surface area contributed by atoms with E-state index in [1.807, 2.05) is 6.07 Å². The predicted molar refractivity (Wildman–Crippen MR) is 104 cm³/mol. The molecule has 1 saturated heterocycles. The number of hydrogen-bond acceptors (Lipinski definition) is 6. The van der Waals surface area contributed by atoms with Crippen LogP contribution in [0, 0.1) is 5.82 Å². The lowest BCUT2D eigenvalue weighted by molar-refractivity contribution is 0.440. The number of hydrogen-bond donors (Lipinski definition) is 2. The van der Waals surface area contributed by atoms with Gasteiger partial charge in [0.15, 0.2) is 5.82 Å². The van der Waals surface area contributed by atoms with Crippen molar-refractivity contribution in [1.82, 2.24) is 20.3 Å². The van der Waals surface area contributed by atoms with Crippen molar-refractivity contribution >= 4 is 39.8 Å². The Labute approximate surface area is 160 Å². The molecule has 1 saturated carbocycles. The minimum atomic E-state index is -0.502. The van der Waals surface area contributed by atoms with E-state index in [-0.39, 0.29) is 16.2 Å². The molecule has 0 bridgehead atoms. The Morgan fingerprint density at radius 1 is 1.22 bits per heavy atom. The summed E-state index contributed by atoms with van der Waals surface area (Å²) in [5, 5.41) is 7.51. The number of nitrogens with zero attached hydrogens (tertiary/aromatic N) is 4. The second-order valence-corrected chi connectivity index (χ2v) is 7.54. The number of fused-ring (bicyclic) bond motifs is 1. The van der Waals surface area contributed by atoms with Crippen molar-refractivity contribution in [2.45, 2.75) is 18.4 Å². The lowest BCUT2D eigenvalue weighted by atomic mass is 10.1. The summed E-state index contributed by atoms with van der Waals surface area (Å²) < 4.78 is 14.3. The van der Waals surface area contributed by atoms with E-state index in [0.717, 1.165) is 30.8 Å². The normalized spacial score (nSPS) is 18.1. The molecule has 1 spiro atoms. The van der Waals surface area contributed by atoms with Gasteiger partial charge in [0, 0.05) is 30.6 Å². The molecule has 2 fully saturated rings. The molecule has 3 heterocycles. The molecule has 1 aromatic carbocycles. The van der Waals surface area contributed by atoms with Crippen LogP contribution in [0.2, 0.25) is 5.02 Å². The van der Waals surface area contributed by atoms with Crippen LogP contribution in [0.4, 0.5) is 21.7 Å². The van der Waals surface area contributed by atoms with Crippen molar-refractivity contribution in [3.05, 3.63) is 47.6 Å². The number of rotatable bonds is 3. The highest BCUT2D eigenvalue weighted by Gasteiger charge is 2.45. The minimum absolute atomic E-state index is 0.0660. The van der Waals surface area contributed by atoms with Crippen LogP contribution in [-0.2, 0) is 0 Å². The highest BCUT2D eigenvalue weighted by molar-refractivity contribution is 6.31. The number of benzene rings is 1. The summed E-state index contributed by atoms with van der Waals surface area (Å²) in [4.78, 5) is 15.5. The molecule has 1 aliphatic heterocycles. The summed E-state index contributed by atoms with van der Waals surface area (Å²) >= 11 is 5.89. The topological polar surface area (TPSA) is 66.0 Å². The fourth-order valence-electron chi connectivity index (χ4n) is 3.59. The fourth-order valence-corrected chi connectivity index (χ4v) is 3.76. The van der Waals surface area contributed by atoms with E-state index in [2.05, 4.69) is 30.5 Å². The molecule has 0 amide bonds. The third-order valence-electron chi connectivity index (χ3n) is 5.26. The SMILES string of the molecule is Fc1c(Cl)cccc1Nc1ncnc2cnc(N3CCNC4(CC4)C3)cc12. The maximum Gasteiger partial charge on any atom is 0.165 e. The van der Waals surface area contributed by atoms with Crippen molar-refractivity contribution in [2.75, 3.05) is 29.9 Å². The second-order valence-electron chi connectivity index (χ2n) is 7.14. The van der Waals surface area contributed by atoms with E-state index in [0.29, 0.717) is 11.3 Å². The molecule has 27 heavy (non-hydrogen) atoms. The van der Waals surface area contributed by atoms with Gasteiger partial charge in [-0.25, -0.2) is 19.3 Å². The van der Waals surface area contributed by atoms with Crippen molar-refractivity contribution in [2.24, 2.45) is 0 Å². The van der Waals surface area contributed by atoms with Crippen molar-refractivity contribution in [3.8, 4) is 0 Å². The summed E-state index contributed by atoms with van der Waals surface area (Å²) in [5.74, 6) is 0.916. The van der Waals surface area contributed by atoms with E-state index in [4.69, 9.17) is 11.6 Å². The molecule has 0 atom stereocenters. The van der Waals surface area contributed by atoms with E-state index in [9.17, 15) is 4.39 Å². The molecule has 0 unspecified atom stereocenters. The lowest BCUT2D eigenvalue weighted by Crippen LogP contribution is -2.52. The van der Waals surface area contributed by atoms with Gasteiger partial charge in [0.2, 0.25) is 0 Å². The average Bonchev–Trinajstić information content (AvgIpc) is 3.43. The van der Waals surface area contributed by atoms with Crippen LogP contribution < -0.4 is 15.5 Å². The van der Waals surface area contributed by atoms with Crippen LogP contribution in [0.15, 0.2) is 36.8 Å². The third-order valence-corrected chi connectivity index (χ3v) is 5.56. The van der Waals surface area contributed by atoms with Gasteiger partial charge in [-0.15, -0.1) is 0 Å². The average molecular weight is 385 g/mol. The standard InChI is InChI=1S/C19H18ClFN6/c20-13-2-1-3-14(17(13)21)26-18-12-8-16(22-9-15(12)23-11-24-18)27-7-6-25-19(10-27)4-5-19/h1-3,8-9,11,25H,4-7,10H2,(H,23,24,26). The second kappa shape index (κ2) is 6.28. The highest BCUT2D eigenvalue weighted by atomic mass is 35.5. The largest absolute Gasteiger partial charge is 0.353 e. The highest BCUT2D eigenvalue weighted by Crippen LogP contribution is 2.39. The van der Waals surface area contributed by atoms with E-state index >= 15 is 0 Å². The van der Waals surface area contributed by atoms with E-state index in [1.165, 1.54) is 25.2 Å². The molecule has 8 heteroatoms. The lowest BCUT2D eigenvalue weighted by Gasteiger charge is -2.34. The number of nitrogens with one attached hydrogen (secondary N) is 2. The van der Waals surface area contributed by atoms with Gasteiger partial charge in [-0.05, 0) is 31.0 Å². The Hall–Kier alpha value is -2.51. The zero-order valence-electron chi connectivity index (χ0n) is 14.5. The van der Waals surface area contributed by atoms with Gasteiger partial charge >= 0.3 is 0 Å². The number of aromatic nitrogens is 3. The van der Waals surface area contributed by atoms with Crippen LogP contribution >= 0.6 is 11.6 Å². The predicted octanol–water partition coefficient (Wildman–Crippen LogP) is 3.50. The molecule has 2 aromatic heterocycles. The Morgan fingerprint density at radius 2 is 2.11 bits per heavy atom. The summed E-state index contributed by atoms with van der Waals surface area (Å²) in [6.07, 6.45) is 5.61. The quantitative estimate of drug-likeness (QED) is 0.720. The van der Waals surface area contributed by atoms with Crippen LogP contribution in [0.25, 0.3) is 10.9 Å². The van der Waals surface area contributed by atoms with Gasteiger partial charge in [0.25, 0.3) is 0 Å². The Morgan fingerprint density at radius 3 is 2.96 bits per heavy atom. The number of anilines is 3. The minimum Gasteiger partial charge on any atom is -0.353 e. The first-order valence-electron chi connectivity index (χ1n) is 8.95. The first kappa shape index (κ1) is 16.6. The molecule has 6 nitrogen and oxygen atoms in total. The van der Waals surface area contributed by atoms with Crippen LogP contribution in [-0.4, -0.2) is 40.1 Å². The summed E-state index contributed by atoms with van der Waals surface area (Å²) in [7, 11) is 0. The third kappa shape index (κ3) is 3.07. The van der Waals surface area contributed by atoms with Crippen molar-refractivity contribution in [3.63, 3.8) is 0 Å². The monoisotopic (exact) mass is 384 g/mol. The van der Waals surface area contributed by atoms with Gasteiger partial charge in [-0.3, -0.25) is 0 Å². The Balaban J connectivity index is 1.52. The van der Waals surface area contributed by atoms with Gasteiger partial charge in [0.05, 0.1) is 22.4 Å². The zero-order valence-corrected chi connectivity index (χ0v) is 15.3. The maximum atomic E-state index is 14.3. The molecular formula is C19H18ClFN6. The Kier molecular flexibility index (Phi) is 3.87. The van der Waals surface area contributed by atoms with Crippen LogP contribution in [0.1, 0.15) is 12.8 Å². The molecule has 2 aliphatic rings. The molecule has 138 valence electrons. The molecule has 3 aromatic rings.